The van der Waals surface area contributed by atoms with Crippen LogP contribution in [-0.4, -0.2) is 87.1 Å². The minimum Gasteiger partial charge on any atom is -0.483 e. The van der Waals surface area contributed by atoms with Crippen LogP contribution in [0.2, 0.25) is 0 Å². The number of carboxylic acid groups (broad SMARTS) is 1. The first kappa shape index (κ1) is 25.8. The number of likely N-dealkylation sites (tertiary alicyclic amines) is 1. The standard InChI is InChI=1S/C21H31N3O4S.CH2O2/c1-23-12-11-18(14-23)24(2)21(26)15-7-9-17(10-8-15)22-20(25)16-5-4-6-19(13-16)29(3,27)28;2-1-3/h4-6,13,15,17-18H,7-12,14H2,1-3H3,(H,22,25);1H,(H,2,3). The zero-order chi connectivity index (χ0) is 23.9. The van der Waals surface area contributed by atoms with Crippen LogP contribution in [0.1, 0.15) is 42.5 Å². The van der Waals surface area contributed by atoms with Crippen LogP contribution in [0, 0.1) is 5.92 Å². The Morgan fingerprint density at radius 1 is 1.19 bits per heavy atom. The summed E-state index contributed by atoms with van der Waals surface area (Å²) < 4.78 is 23.4. The number of benzene rings is 1. The number of nitrogens with zero attached hydrogens (tertiary/aromatic N) is 2. The molecule has 1 unspecified atom stereocenters. The molecule has 0 bridgehead atoms. The average Bonchev–Trinajstić information content (AvgIpc) is 3.19. The Labute approximate surface area is 189 Å². The summed E-state index contributed by atoms with van der Waals surface area (Å²) in [5.74, 6) is -0.0278. The Morgan fingerprint density at radius 3 is 2.34 bits per heavy atom. The van der Waals surface area contributed by atoms with Crippen LogP contribution in [0.3, 0.4) is 0 Å². The van der Waals surface area contributed by atoms with Crippen molar-refractivity contribution < 1.29 is 27.9 Å². The van der Waals surface area contributed by atoms with E-state index in [0.29, 0.717) is 11.6 Å². The molecule has 2 N–H and O–H groups in total. The molecule has 3 rings (SSSR count). The van der Waals surface area contributed by atoms with Crippen molar-refractivity contribution in [1.29, 1.82) is 0 Å². The predicted octanol–water partition coefficient (Wildman–Crippen LogP) is 1.24. The molecule has 178 valence electrons. The van der Waals surface area contributed by atoms with Crippen LogP contribution >= 0.6 is 0 Å². The van der Waals surface area contributed by atoms with Gasteiger partial charge in [0, 0.05) is 43.4 Å². The Bertz CT molecular complexity index is 912. The molecule has 9 nitrogen and oxygen atoms in total. The fraction of sp³-hybridized carbons (Fsp3) is 0.591. The predicted molar refractivity (Wildman–Crippen MR) is 120 cm³/mol. The molecular weight excluding hydrogens is 434 g/mol. The van der Waals surface area contributed by atoms with Crippen molar-refractivity contribution >= 4 is 28.1 Å². The fourth-order valence-electron chi connectivity index (χ4n) is 4.32. The van der Waals surface area contributed by atoms with Crippen LogP contribution < -0.4 is 5.32 Å². The summed E-state index contributed by atoms with van der Waals surface area (Å²) in [6.07, 6.45) is 5.19. The topological polar surface area (TPSA) is 124 Å². The zero-order valence-corrected chi connectivity index (χ0v) is 19.7. The van der Waals surface area contributed by atoms with Gasteiger partial charge in [0.1, 0.15) is 0 Å². The summed E-state index contributed by atoms with van der Waals surface area (Å²) in [5.41, 5.74) is 0.344. The van der Waals surface area contributed by atoms with Gasteiger partial charge in [0.2, 0.25) is 5.91 Å². The van der Waals surface area contributed by atoms with Crippen molar-refractivity contribution in [1.82, 2.24) is 15.1 Å². The lowest BCUT2D eigenvalue weighted by atomic mass is 9.85. The number of likely N-dealkylation sites (N-methyl/N-ethyl adjacent to an activating group) is 2. The molecule has 1 saturated carbocycles. The average molecular weight is 468 g/mol. The summed E-state index contributed by atoms with van der Waals surface area (Å²) in [4.78, 5) is 38.0. The van der Waals surface area contributed by atoms with Gasteiger partial charge in [-0.3, -0.25) is 14.4 Å². The largest absolute Gasteiger partial charge is 0.483 e. The van der Waals surface area contributed by atoms with E-state index in [9.17, 15) is 18.0 Å². The number of carbonyl (C=O) groups excluding carboxylic acids is 2. The molecule has 1 aromatic rings. The molecule has 1 saturated heterocycles. The first-order valence-electron chi connectivity index (χ1n) is 10.7. The lowest BCUT2D eigenvalue weighted by Crippen LogP contribution is -2.45. The molecule has 1 heterocycles. The molecule has 2 amide bonds. The van der Waals surface area contributed by atoms with Gasteiger partial charge >= 0.3 is 0 Å². The van der Waals surface area contributed by atoms with Crippen molar-refractivity contribution in [3.8, 4) is 0 Å². The van der Waals surface area contributed by atoms with Gasteiger partial charge in [-0.05, 0) is 63.9 Å². The van der Waals surface area contributed by atoms with Crippen LogP contribution in [0.25, 0.3) is 0 Å². The highest BCUT2D eigenvalue weighted by atomic mass is 32.2. The smallest absolute Gasteiger partial charge is 0.290 e. The second kappa shape index (κ2) is 11.4. The van der Waals surface area contributed by atoms with E-state index in [1.54, 1.807) is 12.1 Å². The molecule has 10 heteroatoms. The number of sulfone groups is 1. The van der Waals surface area contributed by atoms with Crippen molar-refractivity contribution in [2.24, 2.45) is 5.92 Å². The zero-order valence-electron chi connectivity index (χ0n) is 18.9. The second-order valence-corrected chi connectivity index (χ2v) is 10.6. The molecule has 0 radical (unpaired) electrons. The summed E-state index contributed by atoms with van der Waals surface area (Å²) in [7, 11) is 0.640. The van der Waals surface area contributed by atoms with Gasteiger partial charge in [-0.25, -0.2) is 8.42 Å². The number of rotatable bonds is 5. The van der Waals surface area contributed by atoms with Gasteiger partial charge in [0.15, 0.2) is 9.84 Å². The molecule has 0 spiro atoms. The number of hydrogen-bond acceptors (Lipinski definition) is 6. The maximum atomic E-state index is 12.8. The highest BCUT2D eigenvalue weighted by Crippen LogP contribution is 2.27. The van der Waals surface area contributed by atoms with Crippen molar-refractivity contribution in [2.75, 3.05) is 33.4 Å². The maximum Gasteiger partial charge on any atom is 0.290 e. The van der Waals surface area contributed by atoms with E-state index in [2.05, 4.69) is 17.3 Å². The molecule has 2 aliphatic rings. The molecule has 1 aliphatic carbocycles. The summed E-state index contributed by atoms with van der Waals surface area (Å²) in [6, 6.07) is 6.40. The van der Waals surface area contributed by atoms with Crippen LogP contribution in [0.15, 0.2) is 29.2 Å². The van der Waals surface area contributed by atoms with E-state index < -0.39 is 9.84 Å². The third-order valence-electron chi connectivity index (χ3n) is 6.20. The van der Waals surface area contributed by atoms with Gasteiger partial charge in [-0.1, -0.05) is 6.07 Å². The Balaban J connectivity index is 0.00000114. The summed E-state index contributed by atoms with van der Waals surface area (Å²) in [6.45, 7) is 1.71. The Morgan fingerprint density at radius 2 is 1.81 bits per heavy atom. The molecule has 1 atom stereocenters. The number of amides is 2. The molecule has 2 fully saturated rings. The number of carbonyl (C=O) groups is 3. The van der Waals surface area contributed by atoms with Crippen LogP contribution in [-0.2, 0) is 19.4 Å². The van der Waals surface area contributed by atoms with E-state index in [1.807, 2.05) is 11.9 Å². The van der Waals surface area contributed by atoms with E-state index in [4.69, 9.17) is 9.90 Å². The molecule has 0 aromatic heterocycles. The van der Waals surface area contributed by atoms with E-state index in [0.717, 1.165) is 51.4 Å². The van der Waals surface area contributed by atoms with Crippen LogP contribution in [0.5, 0.6) is 0 Å². The third-order valence-corrected chi connectivity index (χ3v) is 7.31. The van der Waals surface area contributed by atoms with E-state index >= 15 is 0 Å². The van der Waals surface area contributed by atoms with Crippen molar-refractivity contribution in [3.63, 3.8) is 0 Å². The monoisotopic (exact) mass is 467 g/mol. The van der Waals surface area contributed by atoms with Crippen molar-refractivity contribution in [2.45, 2.75) is 49.1 Å². The molecule has 1 aromatic carbocycles. The highest BCUT2D eigenvalue weighted by Gasteiger charge is 2.33. The normalized spacial score (nSPS) is 23.5. The Hall–Kier alpha value is -2.46. The minimum atomic E-state index is -3.35. The first-order chi connectivity index (χ1) is 15.1. The van der Waals surface area contributed by atoms with Crippen molar-refractivity contribution in [3.05, 3.63) is 29.8 Å². The number of hydrogen-bond donors (Lipinski definition) is 2. The summed E-state index contributed by atoms with van der Waals surface area (Å²) in [5, 5.41) is 9.89. The Kier molecular flexibility index (Phi) is 9.21. The minimum absolute atomic E-state index is 0.0105. The van der Waals surface area contributed by atoms with Gasteiger partial charge < -0.3 is 20.2 Å². The maximum absolute atomic E-state index is 12.8. The molecular formula is C22H33N3O6S. The lowest BCUT2D eigenvalue weighted by molar-refractivity contribution is -0.137. The quantitative estimate of drug-likeness (QED) is 0.625. The molecule has 1 aliphatic heterocycles. The van der Waals surface area contributed by atoms with E-state index in [1.165, 1.54) is 12.1 Å². The van der Waals surface area contributed by atoms with Gasteiger partial charge in [-0.15, -0.1) is 0 Å². The summed E-state index contributed by atoms with van der Waals surface area (Å²) >= 11 is 0. The van der Waals surface area contributed by atoms with Gasteiger partial charge in [0.05, 0.1) is 4.90 Å². The third kappa shape index (κ3) is 7.03. The van der Waals surface area contributed by atoms with Gasteiger partial charge in [-0.2, -0.15) is 0 Å². The first-order valence-corrected chi connectivity index (χ1v) is 12.6. The van der Waals surface area contributed by atoms with Crippen LogP contribution in [0.4, 0.5) is 0 Å². The lowest BCUT2D eigenvalue weighted by Gasteiger charge is -2.33. The highest BCUT2D eigenvalue weighted by molar-refractivity contribution is 7.90. The number of nitrogens with one attached hydrogen (secondary N) is 1. The second-order valence-electron chi connectivity index (χ2n) is 8.58. The molecule has 32 heavy (non-hydrogen) atoms. The fourth-order valence-corrected chi connectivity index (χ4v) is 4.98. The van der Waals surface area contributed by atoms with E-state index in [-0.39, 0.29) is 35.1 Å². The SMILES string of the molecule is CN1CCC(N(C)C(=O)C2CCC(NC(=O)c3cccc(S(C)(=O)=O)c3)CC2)C1.O=CO. The van der Waals surface area contributed by atoms with Gasteiger partial charge in [0.25, 0.3) is 12.4 Å².